The van der Waals surface area contributed by atoms with Gasteiger partial charge in [0.15, 0.2) is 0 Å². The summed E-state index contributed by atoms with van der Waals surface area (Å²) in [6.45, 7) is 0. The third-order valence-corrected chi connectivity index (χ3v) is 6.21. The largest absolute Gasteiger partial charge is 0.376 e. The van der Waals surface area contributed by atoms with Crippen LogP contribution in [0.1, 0.15) is 29.5 Å². The summed E-state index contributed by atoms with van der Waals surface area (Å²) in [5, 5.41) is 6.14. The van der Waals surface area contributed by atoms with E-state index < -0.39 is 0 Å². The van der Waals surface area contributed by atoms with Crippen molar-refractivity contribution in [1.82, 2.24) is 0 Å². The van der Waals surface area contributed by atoms with Gasteiger partial charge in [0.25, 0.3) is 0 Å². The Kier molecular flexibility index (Phi) is 4.01. The number of anilines is 1. The van der Waals surface area contributed by atoms with Crippen LogP contribution < -0.4 is 5.32 Å². The van der Waals surface area contributed by atoms with Gasteiger partial charge >= 0.3 is 0 Å². The van der Waals surface area contributed by atoms with Crippen molar-refractivity contribution in [2.45, 2.75) is 18.4 Å². The highest BCUT2D eigenvalue weighted by Crippen LogP contribution is 2.54. The first-order valence-electron chi connectivity index (χ1n) is 7.43. The van der Waals surface area contributed by atoms with Crippen LogP contribution in [0.4, 0.5) is 5.69 Å². The molecule has 0 radical (unpaired) electrons. The molecular formula is C18H13Cl4N. The van der Waals surface area contributed by atoms with Crippen LogP contribution in [0.25, 0.3) is 0 Å². The number of allylic oxidation sites excluding steroid dienone is 2. The average molecular weight is 385 g/mol. The van der Waals surface area contributed by atoms with Gasteiger partial charge in [0.1, 0.15) is 0 Å². The summed E-state index contributed by atoms with van der Waals surface area (Å²) in [7, 11) is 0. The zero-order chi connectivity index (χ0) is 16.1. The Bertz CT molecular complexity index is 815. The summed E-state index contributed by atoms with van der Waals surface area (Å²) in [5.41, 5.74) is 2.97. The smallest absolute Gasteiger partial charge is 0.0645 e. The molecule has 0 fully saturated rings. The Labute approximate surface area is 155 Å². The van der Waals surface area contributed by atoms with Gasteiger partial charge in [0, 0.05) is 16.5 Å². The summed E-state index contributed by atoms with van der Waals surface area (Å²) in [6, 6.07) is 9.48. The van der Waals surface area contributed by atoms with Crippen molar-refractivity contribution in [3.63, 3.8) is 0 Å². The summed E-state index contributed by atoms with van der Waals surface area (Å²) in [4.78, 5) is 0. The van der Waals surface area contributed by atoms with Gasteiger partial charge in [-0.2, -0.15) is 0 Å². The van der Waals surface area contributed by atoms with Gasteiger partial charge in [-0.1, -0.05) is 70.7 Å². The quantitative estimate of drug-likeness (QED) is 0.515. The molecule has 0 unspecified atom stereocenters. The molecule has 2 aliphatic rings. The Morgan fingerprint density at radius 3 is 2.52 bits per heavy atom. The fourth-order valence-corrected chi connectivity index (χ4v) is 4.63. The van der Waals surface area contributed by atoms with Gasteiger partial charge < -0.3 is 5.32 Å². The molecule has 1 aliphatic heterocycles. The Hall–Kier alpha value is -0.860. The molecule has 0 saturated carbocycles. The second-order valence-corrected chi connectivity index (χ2v) is 7.54. The Balaban J connectivity index is 1.88. The third kappa shape index (κ3) is 2.46. The van der Waals surface area contributed by atoms with E-state index in [2.05, 4.69) is 17.5 Å². The molecular weight excluding hydrogens is 372 g/mol. The lowest BCUT2D eigenvalue weighted by Crippen LogP contribution is -2.29. The molecule has 0 saturated heterocycles. The molecule has 0 aromatic heterocycles. The highest BCUT2D eigenvalue weighted by atomic mass is 35.5. The number of hydrogen-bond donors (Lipinski definition) is 1. The highest BCUT2D eigenvalue weighted by Gasteiger charge is 2.40. The van der Waals surface area contributed by atoms with Crippen LogP contribution in [0.15, 0.2) is 42.5 Å². The van der Waals surface area contributed by atoms with Gasteiger partial charge in [0.2, 0.25) is 0 Å². The average Bonchev–Trinajstić information content (AvgIpc) is 3.02. The molecule has 0 bridgehead atoms. The van der Waals surface area contributed by atoms with E-state index in [4.69, 9.17) is 46.4 Å². The van der Waals surface area contributed by atoms with Gasteiger partial charge in [-0.3, -0.25) is 0 Å². The number of halogens is 4. The van der Waals surface area contributed by atoms with E-state index in [1.807, 2.05) is 24.3 Å². The van der Waals surface area contributed by atoms with E-state index >= 15 is 0 Å². The normalized spacial score (nSPS) is 25.0. The third-order valence-electron chi connectivity index (χ3n) is 4.73. The van der Waals surface area contributed by atoms with Crippen LogP contribution in [0.5, 0.6) is 0 Å². The first-order valence-corrected chi connectivity index (χ1v) is 8.94. The molecule has 2 aromatic rings. The summed E-state index contributed by atoms with van der Waals surface area (Å²) in [5.74, 6) is 0.576. The molecule has 3 atom stereocenters. The lowest BCUT2D eigenvalue weighted by Gasteiger charge is -2.38. The summed E-state index contributed by atoms with van der Waals surface area (Å²) in [6.07, 6.45) is 5.39. The molecule has 1 aliphatic carbocycles. The predicted octanol–water partition coefficient (Wildman–Crippen LogP) is 7.13. The fraction of sp³-hybridized carbons (Fsp3) is 0.222. The van der Waals surface area contributed by atoms with E-state index in [9.17, 15) is 0 Å². The number of nitrogens with one attached hydrogen (secondary N) is 1. The van der Waals surface area contributed by atoms with Crippen LogP contribution in [-0.2, 0) is 0 Å². The van der Waals surface area contributed by atoms with Crippen molar-refractivity contribution < 1.29 is 0 Å². The van der Waals surface area contributed by atoms with E-state index in [0.717, 1.165) is 28.3 Å². The van der Waals surface area contributed by atoms with Crippen LogP contribution >= 0.6 is 46.4 Å². The Morgan fingerprint density at radius 1 is 0.913 bits per heavy atom. The van der Waals surface area contributed by atoms with Gasteiger partial charge in [-0.15, -0.1) is 0 Å². The monoisotopic (exact) mass is 383 g/mol. The van der Waals surface area contributed by atoms with Crippen LogP contribution in [0.2, 0.25) is 20.1 Å². The van der Waals surface area contributed by atoms with E-state index in [0.29, 0.717) is 21.0 Å². The van der Waals surface area contributed by atoms with Crippen LogP contribution in [0.3, 0.4) is 0 Å². The molecule has 4 rings (SSSR count). The van der Waals surface area contributed by atoms with E-state index in [1.54, 1.807) is 6.07 Å². The maximum Gasteiger partial charge on any atom is 0.0645 e. The molecule has 1 nitrogen and oxygen atoms in total. The van der Waals surface area contributed by atoms with Gasteiger partial charge in [-0.25, -0.2) is 0 Å². The lowest BCUT2D eigenvalue weighted by atomic mass is 9.77. The molecule has 5 heteroatoms. The van der Waals surface area contributed by atoms with Crippen molar-refractivity contribution in [3.05, 3.63) is 73.7 Å². The topological polar surface area (TPSA) is 12.0 Å². The van der Waals surface area contributed by atoms with Gasteiger partial charge in [0.05, 0.1) is 26.8 Å². The molecule has 2 aromatic carbocycles. The minimum absolute atomic E-state index is 0.0460. The maximum absolute atomic E-state index is 6.46. The zero-order valence-corrected chi connectivity index (χ0v) is 15.0. The second kappa shape index (κ2) is 5.89. The van der Waals surface area contributed by atoms with Crippen molar-refractivity contribution in [3.8, 4) is 0 Å². The van der Waals surface area contributed by atoms with Crippen molar-refractivity contribution in [2.24, 2.45) is 5.92 Å². The minimum Gasteiger partial charge on any atom is -0.376 e. The van der Waals surface area contributed by atoms with Crippen molar-refractivity contribution in [1.29, 1.82) is 0 Å². The first-order chi connectivity index (χ1) is 11.1. The minimum atomic E-state index is 0.0460. The first kappa shape index (κ1) is 15.7. The highest BCUT2D eigenvalue weighted by molar-refractivity contribution is 6.42. The second-order valence-electron chi connectivity index (χ2n) is 5.94. The molecule has 23 heavy (non-hydrogen) atoms. The van der Waals surface area contributed by atoms with E-state index in [1.165, 1.54) is 0 Å². The lowest BCUT2D eigenvalue weighted by molar-refractivity contribution is 0.426. The number of benzene rings is 2. The van der Waals surface area contributed by atoms with Gasteiger partial charge in [-0.05, 0) is 36.1 Å². The van der Waals surface area contributed by atoms with E-state index in [-0.39, 0.29) is 12.0 Å². The molecule has 1 heterocycles. The number of fused-ring (bicyclic) bond motifs is 3. The standard InChI is InChI=1S/C18H13Cl4N/c19-12-7-8-14(21)18-15(12)9-3-1-4-10(9)17(23-18)11-5-2-6-13(20)16(11)22/h1-3,5-10,17,23H,4H2/t9-,10+,17+/m0/s1. The SMILES string of the molecule is Clc1cccc([C@@H]2Nc3c(Cl)ccc(Cl)c3[C@H]3C=CC[C@H]32)c1Cl. The summed E-state index contributed by atoms with van der Waals surface area (Å²) >= 11 is 25.5. The molecule has 0 spiro atoms. The maximum atomic E-state index is 6.46. The molecule has 1 N–H and O–H groups in total. The van der Waals surface area contributed by atoms with Crippen molar-refractivity contribution >= 4 is 52.1 Å². The van der Waals surface area contributed by atoms with Crippen LogP contribution in [-0.4, -0.2) is 0 Å². The summed E-state index contributed by atoms with van der Waals surface area (Å²) < 4.78 is 0. The predicted molar refractivity (Wildman–Crippen MR) is 99.3 cm³/mol. The molecule has 118 valence electrons. The van der Waals surface area contributed by atoms with Crippen molar-refractivity contribution in [2.75, 3.05) is 5.32 Å². The number of rotatable bonds is 1. The fourth-order valence-electron chi connectivity index (χ4n) is 3.70. The van der Waals surface area contributed by atoms with Crippen LogP contribution in [0, 0.1) is 5.92 Å². The zero-order valence-electron chi connectivity index (χ0n) is 12.0. The number of hydrogen-bond acceptors (Lipinski definition) is 1. The molecule has 0 amide bonds. The Morgan fingerprint density at radius 2 is 1.70 bits per heavy atom.